The maximum Gasteiger partial charge on any atom is 0.253 e. The lowest BCUT2D eigenvalue weighted by Gasteiger charge is -2.30. The zero-order chi connectivity index (χ0) is 20.4. The van der Waals surface area contributed by atoms with Crippen molar-refractivity contribution in [3.8, 4) is 0 Å². The maximum atomic E-state index is 12.4. The van der Waals surface area contributed by atoms with E-state index in [9.17, 15) is 4.79 Å². The Morgan fingerprint density at radius 1 is 1.14 bits per heavy atom. The summed E-state index contributed by atoms with van der Waals surface area (Å²) >= 11 is 0. The molecule has 0 aliphatic rings. The monoisotopic (exact) mass is 504 g/mol. The second-order valence-electron chi connectivity index (χ2n) is 7.57. The predicted octanol–water partition coefficient (Wildman–Crippen LogP) is 3.51. The first-order valence-corrected chi connectivity index (χ1v) is 9.62. The van der Waals surface area contributed by atoms with E-state index in [2.05, 4.69) is 36.4 Å². The van der Waals surface area contributed by atoms with Crippen LogP contribution in [-0.4, -0.2) is 56.7 Å². The number of aliphatic imine (C=N–C) groups is 1. The SMILES string of the molecule is CCN(CC)C(=O)c1ccc(CNC(=NC)NCC(OC)C(C)(C)C)cc1.I. The fourth-order valence-electron chi connectivity index (χ4n) is 2.80. The van der Waals surface area contributed by atoms with E-state index in [-0.39, 0.29) is 41.4 Å². The van der Waals surface area contributed by atoms with E-state index in [0.29, 0.717) is 13.1 Å². The Morgan fingerprint density at radius 3 is 2.14 bits per heavy atom. The van der Waals surface area contributed by atoms with Crippen molar-refractivity contribution in [1.29, 1.82) is 0 Å². The molecule has 1 atom stereocenters. The Morgan fingerprint density at radius 2 is 1.71 bits per heavy atom. The van der Waals surface area contributed by atoms with Gasteiger partial charge < -0.3 is 20.3 Å². The summed E-state index contributed by atoms with van der Waals surface area (Å²) in [5.41, 5.74) is 1.86. The van der Waals surface area contributed by atoms with Gasteiger partial charge in [-0.05, 0) is 37.0 Å². The number of ether oxygens (including phenoxy) is 1. The molecule has 160 valence electrons. The lowest BCUT2D eigenvalue weighted by atomic mass is 9.89. The van der Waals surface area contributed by atoms with Crippen molar-refractivity contribution in [3.63, 3.8) is 0 Å². The molecule has 0 bridgehead atoms. The number of rotatable bonds is 8. The molecule has 1 aromatic rings. The van der Waals surface area contributed by atoms with E-state index in [1.54, 1.807) is 14.2 Å². The molecule has 0 radical (unpaired) electrons. The molecule has 0 heterocycles. The molecule has 1 rings (SSSR count). The van der Waals surface area contributed by atoms with Crippen molar-refractivity contribution in [2.45, 2.75) is 47.3 Å². The number of hydrogen-bond donors (Lipinski definition) is 2. The summed E-state index contributed by atoms with van der Waals surface area (Å²) in [6, 6.07) is 7.72. The highest BCUT2D eigenvalue weighted by Crippen LogP contribution is 2.20. The molecule has 1 unspecified atom stereocenters. The molecule has 0 aliphatic heterocycles. The van der Waals surface area contributed by atoms with Crippen LogP contribution in [0.1, 0.15) is 50.5 Å². The number of nitrogens with one attached hydrogen (secondary N) is 2. The minimum Gasteiger partial charge on any atom is -0.379 e. The quantitative estimate of drug-likeness (QED) is 0.323. The number of carbonyl (C=O) groups excluding carboxylic acids is 1. The summed E-state index contributed by atoms with van der Waals surface area (Å²) in [5, 5.41) is 6.61. The highest BCUT2D eigenvalue weighted by Gasteiger charge is 2.24. The Kier molecular flexibility index (Phi) is 12.4. The van der Waals surface area contributed by atoms with Crippen LogP contribution in [0.2, 0.25) is 0 Å². The molecular formula is C21H37IN4O2. The molecule has 28 heavy (non-hydrogen) atoms. The van der Waals surface area contributed by atoms with Gasteiger partial charge in [0.05, 0.1) is 6.10 Å². The summed E-state index contributed by atoms with van der Waals surface area (Å²) in [7, 11) is 3.48. The topological polar surface area (TPSA) is 66.0 Å². The Hall–Kier alpha value is -1.35. The molecule has 1 amide bonds. The van der Waals surface area contributed by atoms with Gasteiger partial charge >= 0.3 is 0 Å². The lowest BCUT2D eigenvalue weighted by Crippen LogP contribution is -2.45. The van der Waals surface area contributed by atoms with Crippen LogP contribution in [0.25, 0.3) is 0 Å². The molecule has 0 aromatic heterocycles. The van der Waals surface area contributed by atoms with Crippen molar-refractivity contribution in [2.24, 2.45) is 10.4 Å². The van der Waals surface area contributed by atoms with Gasteiger partial charge in [-0.25, -0.2) is 0 Å². The summed E-state index contributed by atoms with van der Waals surface area (Å²) in [5.74, 6) is 0.800. The smallest absolute Gasteiger partial charge is 0.253 e. The molecule has 0 fully saturated rings. The zero-order valence-corrected chi connectivity index (χ0v) is 20.7. The van der Waals surface area contributed by atoms with Gasteiger partial charge in [0.15, 0.2) is 5.96 Å². The van der Waals surface area contributed by atoms with Crippen LogP contribution < -0.4 is 10.6 Å². The van der Waals surface area contributed by atoms with Gasteiger partial charge in [0, 0.05) is 45.9 Å². The van der Waals surface area contributed by atoms with Crippen LogP contribution in [-0.2, 0) is 11.3 Å². The number of benzene rings is 1. The van der Waals surface area contributed by atoms with Gasteiger partial charge in [-0.15, -0.1) is 24.0 Å². The minimum atomic E-state index is 0. The predicted molar refractivity (Wildman–Crippen MR) is 128 cm³/mol. The van der Waals surface area contributed by atoms with Crippen LogP contribution >= 0.6 is 24.0 Å². The molecule has 6 nitrogen and oxygen atoms in total. The molecule has 2 N–H and O–H groups in total. The third kappa shape index (κ3) is 8.34. The van der Waals surface area contributed by atoms with Crippen LogP contribution in [0.5, 0.6) is 0 Å². The first-order chi connectivity index (χ1) is 12.8. The highest BCUT2D eigenvalue weighted by atomic mass is 127. The van der Waals surface area contributed by atoms with E-state index < -0.39 is 0 Å². The third-order valence-corrected chi connectivity index (χ3v) is 4.64. The summed E-state index contributed by atoms with van der Waals surface area (Å²) in [6.07, 6.45) is 0.0847. The first kappa shape index (κ1) is 26.6. The van der Waals surface area contributed by atoms with Crippen LogP contribution in [0.3, 0.4) is 0 Å². The Bertz CT molecular complexity index is 608. The summed E-state index contributed by atoms with van der Waals surface area (Å²) in [6.45, 7) is 13.2. The number of halogens is 1. The number of amides is 1. The van der Waals surface area contributed by atoms with E-state index in [1.165, 1.54) is 0 Å². The Labute approximate surface area is 187 Å². The molecule has 0 saturated heterocycles. The van der Waals surface area contributed by atoms with Crippen LogP contribution in [0.15, 0.2) is 29.3 Å². The standard InChI is InChI=1S/C21H36N4O2.HI/c1-8-25(9-2)19(26)17-12-10-16(11-13-17)14-23-20(22-6)24-15-18(27-7)21(3,4)5;/h10-13,18H,8-9,14-15H2,1-7H3,(H2,22,23,24);1H. The number of carbonyl (C=O) groups is 1. The molecule has 1 aromatic carbocycles. The fourth-order valence-corrected chi connectivity index (χ4v) is 2.80. The fraction of sp³-hybridized carbons (Fsp3) is 0.619. The van der Waals surface area contributed by atoms with Gasteiger partial charge in [-0.2, -0.15) is 0 Å². The van der Waals surface area contributed by atoms with Gasteiger partial charge in [-0.1, -0.05) is 32.9 Å². The van der Waals surface area contributed by atoms with Crippen LogP contribution in [0.4, 0.5) is 0 Å². The first-order valence-electron chi connectivity index (χ1n) is 9.62. The summed E-state index contributed by atoms with van der Waals surface area (Å²) in [4.78, 5) is 18.4. The largest absolute Gasteiger partial charge is 0.379 e. The van der Waals surface area contributed by atoms with E-state index >= 15 is 0 Å². The number of nitrogens with zero attached hydrogens (tertiary/aromatic N) is 2. The van der Waals surface area contributed by atoms with Crippen LogP contribution in [0, 0.1) is 5.41 Å². The minimum absolute atomic E-state index is 0. The maximum absolute atomic E-state index is 12.4. The second kappa shape index (κ2) is 13.0. The van der Waals surface area contributed by atoms with Gasteiger partial charge in [0.1, 0.15) is 0 Å². The zero-order valence-electron chi connectivity index (χ0n) is 18.3. The van der Waals surface area contributed by atoms with E-state index in [4.69, 9.17) is 4.74 Å². The van der Waals surface area contributed by atoms with Crippen molar-refractivity contribution < 1.29 is 9.53 Å². The second-order valence-corrected chi connectivity index (χ2v) is 7.57. The van der Waals surface area contributed by atoms with Gasteiger partial charge in [-0.3, -0.25) is 9.79 Å². The molecular weight excluding hydrogens is 467 g/mol. The van der Waals surface area contributed by atoms with E-state index in [0.717, 1.165) is 30.2 Å². The van der Waals surface area contributed by atoms with Crippen molar-refractivity contribution in [3.05, 3.63) is 35.4 Å². The normalized spacial score (nSPS) is 12.8. The van der Waals surface area contributed by atoms with Gasteiger partial charge in [0.2, 0.25) is 0 Å². The molecule has 0 spiro atoms. The number of hydrogen-bond acceptors (Lipinski definition) is 3. The third-order valence-electron chi connectivity index (χ3n) is 4.64. The number of methoxy groups -OCH3 is 1. The van der Waals surface area contributed by atoms with Crippen molar-refractivity contribution >= 4 is 35.8 Å². The van der Waals surface area contributed by atoms with Crippen molar-refractivity contribution in [2.75, 3.05) is 33.8 Å². The van der Waals surface area contributed by atoms with Crippen molar-refractivity contribution in [1.82, 2.24) is 15.5 Å². The highest BCUT2D eigenvalue weighted by molar-refractivity contribution is 14.0. The molecule has 0 saturated carbocycles. The average Bonchev–Trinajstić information content (AvgIpc) is 2.65. The van der Waals surface area contributed by atoms with E-state index in [1.807, 2.05) is 43.0 Å². The molecule has 7 heteroatoms. The average molecular weight is 504 g/mol. The lowest BCUT2D eigenvalue weighted by molar-refractivity contribution is 0.0205. The number of guanidine groups is 1. The summed E-state index contributed by atoms with van der Waals surface area (Å²) < 4.78 is 5.56. The molecule has 0 aliphatic carbocycles. The van der Waals surface area contributed by atoms with Gasteiger partial charge in [0.25, 0.3) is 5.91 Å². The Balaban J connectivity index is 0.00000729.